The van der Waals surface area contributed by atoms with Crippen molar-refractivity contribution in [3.8, 4) is 11.1 Å². The number of sulfonamides is 2. The summed E-state index contributed by atoms with van der Waals surface area (Å²) in [5.74, 6) is 0. The third kappa shape index (κ3) is 3.36. The van der Waals surface area contributed by atoms with Crippen molar-refractivity contribution in [1.82, 2.24) is 9.44 Å². The predicted molar refractivity (Wildman–Crippen MR) is 101 cm³/mol. The summed E-state index contributed by atoms with van der Waals surface area (Å²) in [7, 11) is -7.36. The van der Waals surface area contributed by atoms with E-state index in [-0.39, 0.29) is 28.6 Å². The molecule has 2 aromatic rings. The predicted octanol–water partition coefficient (Wildman–Crippen LogP) is 1.49. The van der Waals surface area contributed by atoms with E-state index in [9.17, 15) is 22.0 Å². The zero-order valence-corrected chi connectivity index (χ0v) is 16.4. The summed E-state index contributed by atoms with van der Waals surface area (Å²) in [4.78, 5) is 0.0788. The highest BCUT2D eigenvalue weighted by Gasteiger charge is 2.29. The van der Waals surface area contributed by atoms with Gasteiger partial charge in [0.05, 0.1) is 9.79 Å². The van der Waals surface area contributed by atoms with Crippen LogP contribution in [-0.4, -0.2) is 40.8 Å². The minimum absolute atomic E-state index is 0.0394. The second-order valence-corrected chi connectivity index (χ2v) is 9.40. The molecule has 0 aliphatic heterocycles. The molecular weight excluding hydrogens is 390 g/mol. The van der Waals surface area contributed by atoms with Crippen LogP contribution in [0.3, 0.4) is 0 Å². The number of benzene rings is 2. The van der Waals surface area contributed by atoms with Gasteiger partial charge < -0.3 is 5.21 Å². The lowest BCUT2D eigenvalue weighted by Gasteiger charge is -2.07. The van der Waals surface area contributed by atoms with E-state index in [2.05, 4.69) is 14.6 Å². The molecule has 8 nitrogen and oxygen atoms in total. The minimum Gasteiger partial charge on any atom is -0.410 e. The Morgan fingerprint density at radius 1 is 0.778 bits per heavy atom. The Morgan fingerprint density at radius 2 is 1.19 bits per heavy atom. The van der Waals surface area contributed by atoms with Gasteiger partial charge in [-0.3, -0.25) is 0 Å². The van der Waals surface area contributed by atoms with Gasteiger partial charge in [0.15, 0.2) is 0 Å². The first-order valence-electron chi connectivity index (χ1n) is 8.25. The molecule has 0 fully saturated rings. The van der Waals surface area contributed by atoms with E-state index < -0.39 is 20.0 Å². The number of oxime groups is 1. The molecule has 3 rings (SSSR count). The number of rotatable bonds is 6. The maximum atomic E-state index is 12.3. The van der Waals surface area contributed by atoms with Gasteiger partial charge in [-0.1, -0.05) is 31.1 Å². The monoisotopic (exact) mass is 409 g/mol. The average molecular weight is 409 g/mol. The molecule has 27 heavy (non-hydrogen) atoms. The molecule has 0 atom stereocenters. The molecule has 1 aliphatic rings. The van der Waals surface area contributed by atoms with E-state index in [1.54, 1.807) is 26.0 Å². The molecule has 144 valence electrons. The topological polar surface area (TPSA) is 125 Å². The third-order valence-corrected chi connectivity index (χ3v) is 7.26. The van der Waals surface area contributed by atoms with Crippen LogP contribution >= 0.6 is 0 Å². The van der Waals surface area contributed by atoms with Crippen LogP contribution in [0.25, 0.3) is 11.1 Å². The fourth-order valence-electron chi connectivity index (χ4n) is 3.04. The first kappa shape index (κ1) is 19.5. The maximum Gasteiger partial charge on any atom is 0.240 e. The van der Waals surface area contributed by atoms with E-state index in [1.807, 2.05) is 0 Å². The van der Waals surface area contributed by atoms with Crippen LogP contribution < -0.4 is 9.44 Å². The summed E-state index contributed by atoms with van der Waals surface area (Å²) in [6, 6.07) is 9.00. The number of fused-ring (bicyclic) bond motifs is 3. The smallest absolute Gasteiger partial charge is 0.240 e. The highest BCUT2D eigenvalue weighted by atomic mass is 32.2. The van der Waals surface area contributed by atoms with E-state index in [4.69, 9.17) is 0 Å². The standard InChI is InChI=1S/C17H19N3O5S2/c1-3-18-26(22,23)11-5-7-13-14-8-6-12(27(24,25)19-4-2)10-16(14)17(20-21)15(13)9-11/h5-10,18-19,21H,3-4H2,1-2H3. The Morgan fingerprint density at radius 3 is 1.52 bits per heavy atom. The SMILES string of the molecule is CCNS(=O)(=O)c1ccc2c(c1)C(=NO)c1cc(S(=O)(=O)NCC)ccc1-2. The quantitative estimate of drug-likeness (QED) is 0.420. The van der Waals surface area contributed by atoms with E-state index in [0.717, 1.165) is 0 Å². The summed E-state index contributed by atoms with van der Waals surface area (Å²) < 4.78 is 53.8. The Bertz CT molecular complexity index is 1050. The van der Waals surface area contributed by atoms with Gasteiger partial charge in [0.25, 0.3) is 0 Å². The minimum atomic E-state index is -3.68. The molecule has 3 N–H and O–H groups in total. The van der Waals surface area contributed by atoms with E-state index in [0.29, 0.717) is 22.3 Å². The van der Waals surface area contributed by atoms with Crippen LogP contribution in [0.5, 0.6) is 0 Å². The van der Waals surface area contributed by atoms with Crippen molar-refractivity contribution in [2.75, 3.05) is 13.1 Å². The second-order valence-electron chi connectivity index (χ2n) is 5.87. The number of nitrogens with one attached hydrogen (secondary N) is 2. The molecular formula is C17H19N3O5S2. The van der Waals surface area contributed by atoms with Crippen molar-refractivity contribution in [3.63, 3.8) is 0 Å². The maximum absolute atomic E-state index is 12.3. The molecule has 0 aromatic heterocycles. The molecule has 0 unspecified atom stereocenters. The van der Waals surface area contributed by atoms with Crippen LogP contribution in [0.1, 0.15) is 25.0 Å². The average Bonchev–Trinajstić information content (AvgIpc) is 2.93. The van der Waals surface area contributed by atoms with Crippen molar-refractivity contribution in [3.05, 3.63) is 47.5 Å². The van der Waals surface area contributed by atoms with Gasteiger partial charge in [-0.15, -0.1) is 0 Å². The zero-order chi connectivity index (χ0) is 19.8. The normalized spacial score (nSPS) is 13.3. The number of nitrogens with zero attached hydrogens (tertiary/aromatic N) is 1. The van der Waals surface area contributed by atoms with Crippen LogP contribution in [0.4, 0.5) is 0 Å². The van der Waals surface area contributed by atoms with Crippen LogP contribution in [-0.2, 0) is 20.0 Å². The molecule has 0 heterocycles. The fraction of sp³-hybridized carbons (Fsp3) is 0.235. The molecule has 0 spiro atoms. The Balaban J connectivity index is 2.15. The van der Waals surface area contributed by atoms with Crippen molar-refractivity contribution in [1.29, 1.82) is 0 Å². The molecule has 0 saturated carbocycles. The summed E-state index contributed by atoms with van der Waals surface area (Å²) in [5, 5.41) is 12.8. The lowest BCUT2D eigenvalue weighted by molar-refractivity contribution is 0.320. The van der Waals surface area contributed by atoms with Crippen LogP contribution in [0.15, 0.2) is 51.3 Å². The molecule has 1 aliphatic carbocycles. The fourth-order valence-corrected chi connectivity index (χ4v) is 5.18. The summed E-state index contributed by atoms with van der Waals surface area (Å²) in [6.07, 6.45) is 0. The van der Waals surface area contributed by atoms with Gasteiger partial charge in [0, 0.05) is 24.2 Å². The molecule has 0 radical (unpaired) electrons. The van der Waals surface area contributed by atoms with Gasteiger partial charge in [0.2, 0.25) is 20.0 Å². The molecule has 0 bridgehead atoms. The molecule has 10 heteroatoms. The van der Waals surface area contributed by atoms with Crippen LogP contribution in [0, 0.1) is 0 Å². The van der Waals surface area contributed by atoms with Crippen molar-refractivity contribution in [2.24, 2.45) is 5.16 Å². The van der Waals surface area contributed by atoms with Crippen molar-refractivity contribution < 1.29 is 22.0 Å². The number of hydrogen-bond donors (Lipinski definition) is 3. The van der Waals surface area contributed by atoms with E-state index in [1.165, 1.54) is 24.3 Å². The van der Waals surface area contributed by atoms with E-state index >= 15 is 0 Å². The molecule has 2 aromatic carbocycles. The molecule has 0 saturated heterocycles. The van der Waals surface area contributed by atoms with Gasteiger partial charge in [0.1, 0.15) is 5.71 Å². The largest absolute Gasteiger partial charge is 0.410 e. The zero-order valence-electron chi connectivity index (χ0n) is 14.7. The lowest BCUT2D eigenvalue weighted by Crippen LogP contribution is -2.23. The van der Waals surface area contributed by atoms with Crippen molar-refractivity contribution >= 4 is 25.8 Å². The number of hydrogen-bond acceptors (Lipinski definition) is 6. The Labute approximate surface area is 158 Å². The highest BCUT2D eigenvalue weighted by Crippen LogP contribution is 2.39. The Hall–Kier alpha value is -2.27. The lowest BCUT2D eigenvalue weighted by atomic mass is 10.1. The molecule has 0 amide bonds. The van der Waals surface area contributed by atoms with Crippen LogP contribution in [0.2, 0.25) is 0 Å². The summed E-state index contributed by atoms with van der Waals surface area (Å²) >= 11 is 0. The van der Waals surface area contributed by atoms with Gasteiger partial charge in [-0.2, -0.15) is 0 Å². The third-order valence-electron chi connectivity index (χ3n) is 4.17. The first-order chi connectivity index (χ1) is 12.7. The summed E-state index contributed by atoms with van der Waals surface area (Å²) in [6.45, 7) is 3.83. The van der Waals surface area contributed by atoms with Crippen molar-refractivity contribution in [2.45, 2.75) is 23.6 Å². The van der Waals surface area contributed by atoms with Gasteiger partial charge >= 0.3 is 0 Å². The van der Waals surface area contributed by atoms with Gasteiger partial charge in [-0.05, 0) is 35.4 Å². The second kappa shape index (κ2) is 7.04. The Kier molecular flexibility index (Phi) is 5.08. The highest BCUT2D eigenvalue weighted by molar-refractivity contribution is 7.89. The van der Waals surface area contributed by atoms with Gasteiger partial charge in [-0.25, -0.2) is 26.3 Å². The first-order valence-corrected chi connectivity index (χ1v) is 11.2. The summed E-state index contributed by atoms with van der Waals surface area (Å²) in [5.41, 5.74) is 2.30.